The average molecular weight is 299 g/mol. The summed E-state index contributed by atoms with van der Waals surface area (Å²) in [4.78, 5) is 0. The van der Waals surface area contributed by atoms with Crippen molar-refractivity contribution in [3.05, 3.63) is 16.7 Å². The van der Waals surface area contributed by atoms with E-state index in [1.807, 2.05) is 0 Å². The van der Waals surface area contributed by atoms with E-state index in [0.29, 0.717) is 17.1 Å². The van der Waals surface area contributed by atoms with Crippen molar-refractivity contribution in [2.75, 3.05) is 13.9 Å². The van der Waals surface area contributed by atoms with Gasteiger partial charge in [-0.15, -0.1) is 0 Å². The summed E-state index contributed by atoms with van der Waals surface area (Å²) in [5.41, 5.74) is 0.330. The molecule has 0 unspecified atom stereocenters. The molecule has 17 heavy (non-hydrogen) atoms. The second kappa shape index (κ2) is 4.44. The van der Waals surface area contributed by atoms with Gasteiger partial charge >= 0.3 is 0 Å². The van der Waals surface area contributed by atoms with Crippen molar-refractivity contribution >= 4 is 31.3 Å². The van der Waals surface area contributed by atoms with E-state index in [1.54, 1.807) is 0 Å². The summed E-state index contributed by atoms with van der Waals surface area (Å²) in [6.07, 6.45) is 0. The first-order valence-electron chi connectivity index (χ1n) is 4.49. The van der Waals surface area contributed by atoms with E-state index in [4.69, 9.17) is 36.5 Å². The Kier molecular flexibility index (Phi) is 3.29. The van der Waals surface area contributed by atoms with Gasteiger partial charge in [-0.25, -0.2) is 8.42 Å². The molecule has 0 fully saturated rings. The number of benzene rings is 1. The predicted octanol–water partition coefficient (Wildman–Crippen LogP) is 2.15. The SMILES string of the molecule is COc1c(CS(=O)(=O)Cl)cc2c(c1Cl)OCO2. The first kappa shape index (κ1) is 12.6. The molecule has 8 heteroatoms. The highest BCUT2D eigenvalue weighted by Gasteiger charge is 2.25. The van der Waals surface area contributed by atoms with E-state index in [2.05, 4.69) is 0 Å². The molecule has 1 aromatic carbocycles. The van der Waals surface area contributed by atoms with Gasteiger partial charge in [-0.1, -0.05) is 11.6 Å². The maximum atomic E-state index is 11.1. The van der Waals surface area contributed by atoms with Gasteiger partial charge in [0.2, 0.25) is 15.8 Å². The number of methoxy groups -OCH3 is 1. The van der Waals surface area contributed by atoms with E-state index < -0.39 is 14.8 Å². The molecule has 0 amide bonds. The summed E-state index contributed by atoms with van der Waals surface area (Å²) in [6.45, 7) is 0.0370. The molecule has 0 atom stereocenters. The fourth-order valence-corrected chi connectivity index (χ4v) is 2.83. The molecule has 0 aliphatic carbocycles. The molecule has 1 aromatic rings. The molecule has 0 saturated carbocycles. The lowest BCUT2D eigenvalue weighted by Gasteiger charge is -2.11. The highest BCUT2D eigenvalue weighted by Crippen LogP contribution is 2.47. The smallest absolute Gasteiger partial charge is 0.236 e. The molecule has 0 radical (unpaired) electrons. The van der Waals surface area contributed by atoms with Gasteiger partial charge < -0.3 is 14.2 Å². The van der Waals surface area contributed by atoms with Crippen molar-refractivity contribution in [2.24, 2.45) is 0 Å². The van der Waals surface area contributed by atoms with E-state index >= 15 is 0 Å². The van der Waals surface area contributed by atoms with Crippen LogP contribution in [0.5, 0.6) is 17.2 Å². The Bertz CT molecular complexity index is 555. The van der Waals surface area contributed by atoms with Crippen molar-refractivity contribution < 1.29 is 22.6 Å². The van der Waals surface area contributed by atoms with Crippen LogP contribution in [0.25, 0.3) is 0 Å². The molecular weight excluding hydrogens is 291 g/mol. The van der Waals surface area contributed by atoms with Crippen LogP contribution in [-0.4, -0.2) is 22.3 Å². The van der Waals surface area contributed by atoms with Crippen LogP contribution in [0.4, 0.5) is 0 Å². The minimum atomic E-state index is -3.71. The van der Waals surface area contributed by atoms with Crippen molar-refractivity contribution in [1.82, 2.24) is 0 Å². The minimum absolute atomic E-state index is 0.0370. The van der Waals surface area contributed by atoms with Crippen molar-refractivity contribution in [3.8, 4) is 17.2 Å². The summed E-state index contributed by atoms with van der Waals surface area (Å²) < 4.78 is 37.5. The van der Waals surface area contributed by atoms with Crippen LogP contribution in [0.15, 0.2) is 6.07 Å². The number of hydrogen-bond acceptors (Lipinski definition) is 5. The molecule has 1 heterocycles. The lowest BCUT2D eigenvalue weighted by molar-refractivity contribution is 0.174. The molecular formula is C9H8Cl2O5S. The van der Waals surface area contributed by atoms with Gasteiger partial charge in [0.15, 0.2) is 11.5 Å². The lowest BCUT2D eigenvalue weighted by atomic mass is 10.2. The van der Waals surface area contributed by atoms with E-state index in [9.17, 15) is 8.42 Å². The molecule has 1 aliphatic rings. The van der Waals surface area contributed by atoms with Gasteiger partial charge in [0.1, 0.15) is 10.8 Å². The summed E-state index contributed by atoms with van der Waals surface area (Å²) in [6, 6.07) is 1.49. The number of fused-ring (bicyclic) bond motifs is 1. The molecule has 5 nitrogen and oxygen atoms in total. The van der Waals surface area contributed by atoms with Gasteiger partial charge in [0.05, 0.1) is 12.9 Å². The van der Waals surface area contributed by atoms with Crippen LogP contribution < -0.4 is 14.2 Å². The first-order chi connectivity index (χ1) is 7.92. The molecule has 0 saturated heterocycles. The average Bonchev–Trinajstić information content (AvgIpc) is 2.64. The normalized spacial score (nSPS) is 13.8. The third-order valence-electron chi connectivity index (χ3n) is 2.17. The highest BCUT2D eigenvalue weighted by molar-refractivity contribution is 8.13. The third-order valence-corrected chi connectivity index (χ3v) is 3.50. The fourth-order valence-electron chi connectivity index (χ4n) is 1.55. The zero-order valence-corrected chi connectivity index (χ0v) is 11.0. The monoisotopic (exact) mass is 298 g/mol. The Hall–Kier alpha value is -0.850. The first-order valence-corrected chi connectivity index (χ1v) is 7.35. The van der Waals surface area contributed by atoms with Crippen molar-refractivity contribution in [1.29, 1.82) is 0 Å². The number of hydrogen-bond donors (Lipinski definition) is 0. The highest BCUT2D eigenvalue weighted by atomic mass is 35.7. The van der Waals surface area contributed by atoms with Crippen LogP contribution in [0.3, 0.4) is 0 Å². The van der Waals surface area contributed by atoms with Crippen LogP contribution in [0, 0.1) is 0 Å². The topological polar surface area (TPSA) is 61.8 Å². The van der Waals surface area contributed by atoms with E-state index in [0.717, 1.165) is 0 Å². The summed E-state index contributed by atoms with van der Waals surface area (Å²) >= 11 is 6.02. The molecule has 0 spiro atoms. The van der Waals surface area contributed by atoms with Crippen molar-refractivity contribution in [2.45, 2.75) is 5.75 Å². The number of halogens is 2. The Balaban J connectivity index is 2.55. The quantitative estimate of drug-likeness (QED) is 0.800. The zero-order valence-electron chi connectivity index (χ0n) is 8.70. The second-order valence-corrected chi connectivity index (χ2v) is 6.45. The second-order valence-electron chi connectivity index (χ2n) is 3.30. The number of ether oxygens (including phenoxy) is 3. The minimum Gasteiger partial charge on any atom is -0.495 e. The standard InChI is InChI=1S/C9H8Cl2O5S/c1-14-8-5(3-17(11,12)13)2-6-9(7(8)10)16-4-15-6/h2H,3-4H2,1H3. The Morgan fingerprint density at radius 1 is 1.47 bits per heavy atom. The fraction of sp³-hybridized carbons (Fsp3) is 0.333. The Labute approximate surface area is 108 Å². The van der Waals surface area contributed by atoms with Gasteiger partial charge in [0, 0.05) is 16.2 Å². The van der Waals surface area contributed by atoms with Gasteiger partial charge in [-0.3, -0.25) is 0 Å². The van der Waals surface area contributed by atoms with E-state index in [1.165, 1.54) is 13.2 Å². The van der Waals surface area contributed by atoms with Crippen LogP contribution in [0.2, 0.25) is 5.02 Å². The largest absolute Gasteiger partial charge is 0.495 e. The molecule has 0 bridgehead atoms. The summed E-state index contributed by atoms with van der Waals surface area (Å²) in [7, 11) is 2.88. The maximum absolute atomic E-state index is 11.1. The summed E-state index contributed by atoms with van der Waals surface area (Å²) in [5.74, 6) is 0.555. The van der Waals surface area contributed by atoms with E-state index in [-0.39, 0.29) is 17.6 Å². The predicted molar refractivity (Wildman–Crippen MR) is 62.6 cm³/mol. The van der Waals surface area contributed by atoms with Crippen molar-refractivity contribution in [3.63, 3.8) is 0 Å². The molecule has 2 rings (SSSR count). The summed E-state index contributed by atoms with van der Waals surface area (Å²) in [5, 5.41) is 0.179. The van der Waals surface area contributed by atoms with Gasteiger partial charge in [-0.2, -0.15) is 0 Å². The third kappa shape index (κ3) is 2.53. The number of rotatable bonds is 3. The molecule has 1 aliphatic heterocycles. The lowest BCUT2D eigenvalue weighted by Crippen LogP contribution is -1.99. The molecule has 0 N–H and O–H groups in total. The molecule has 0 aromatic heterocycles. The van der Waals surface area contributed by atoms with Crippen LogP contribution >= 0.6 is 22.3 Å². The van der Waals surface area contributed by atoms with Crippen LogP contribution in [-0.2, 0) is 14.8 Å². The Morgan fingerprint density at radius 3 is 2.76 bits per heavy atom. The van der Waals surface area contributed by atoms with Crippen LogP contribution in [0.1, 0.15) is 5.56 Å². The van der Waals surface area contributed by atoms with Gasteiger partial charge in [0.25, 0.3) is 0 Å². The Morgan fingerprint density at radius 2 is 2.18 bits per heavy atom. The van der Waals surface area contributed by atoms with Gasteiger partial charge in [-0.05, 0) is 6.07 Å². The molecule has 94 valence electrons. The zero-order chi connectivity index (χ0) is 12.6. The maximum Gasteiger partial charge on any atom is 0.236 e.